The zero-order valence-electron chi connectivity index (χ0n) is 8.76. The van der Waals surface area contributed by atoms with E-state index in [1.165, 1.54) is 11.1 Å². The highest BCUT2D eigenvalue weighted by Gasteiger charge is 2.34. The number of carbonyl (C=O) groups excluding carboxylic acids is 1. The number of fused-ring (bicyclic) bond motifs is 1. The summed E-state index contributed by atoms with van der Waals surface area (Å²) in [4.78, 5) is 11.3. The summed E-state index contributed by atoms with van der Waals surface area (Å²) in [7, 11) is 0. The molecule has 1 aliphatic heterocycles. The molecule has 1 heterocycles. The highest BCUT2D eigenvalue weighted by atomic mass is 16.5. The second-order valence-corrected chi connectivity index (χ2v) is 4.48. The smallest absolute Gasteiger partial charge is 0.312 e. The van der Waals surface area contributed by atoms with Crippen LogP contribution in [0.15, 0.2) is 18.2 Å². The Bertz CT molecular complexity index is 391. The molecule has 0 bridgehead atoms. The Morgan fingerprint density at radius 1 is 1.36 bits per heavy atom. The fourth-order valence-electron chi connectivity index (χ4n) is 2.20. The van der Waals surface area contributed by atoms with Crippen LogP contribution in [0.4, 0.5) is 0 Å². The average Bonchev–Trinajstić information content (AvgIpc) is 2.00. The molecule has 74 valence electrons. The van der Waals surface area contributed by atoms with Crippen molar-refractivity contribution in [2.45, 2.75) is 32.6 Å². The summed E-state index contributed by atoms with van der Waals surface area (Å²) in [6.07, 6.45) is 0.463. The van der Waals surface area contributed by atoms with Crippen molar-refractivity contribution < 1.29 is 9.53 Å². The van der Waals surface area contributed by atoms with Crippen LogP contribution >= 0.6 is 0 Å². The van der Waals surface area contributed by atoms with E-state index in [9.17, 15) is 4.79 Å². The molecule has 0 saturated heterocycles. The lowest BCUT2D eigenvalue weighted by Crippen LogP contribution is -2.31. The number of aryl methyl sites for hydroxylation is 1. The van der Waals surface area contributed by atoms with Gasteiger partial charge in [0.25, 0.3) is 0 Å². The maximum Gasteiger partial charge on any atom is 0.312 e. The Hall–Kier alpha value is -1.31. The van der Waals surface area contributed by atoms with E-state index in [1.54, 1.807) is 0 Å². The maximum atomic E-state index is 11.3. The van der Waals surface area contributed by atoms with Gasteiger partial charge in [0.15, 0.2) is 0 Å². The van der Waals surface area contributed by atoms with Crippen molar-refractivity contribution in [2.24, 2.45) is 0 Å². The third kappa shape index (κ3) is 1.31. The molecular weight excluding hydrogens is 176 g/mol. The van der Waals surface area contributed by atoms with Crippen molar-refractivity contribution in [1.82, 2.24) is 0 Å². The molecule has 1 aromatic carbocycles. The molecule has 1 aliphatic rings. The Balaban J connectivity index is 2.64. The lowest BCUT2D eigenvalue weighted by molar-refractivity contribution is -0.136. The Morgan fingerprint density at radius 3 is 2.79 bits per heavy atom. The molecule has 2 heteroatoms. The van der Waals surface area contributed by atoms with Crippen LogP contribution in [0.5, 0.6) is 5.75 Å². The predicted molar refractivity (Wildman–Crippen MR) is 54.5 cm³/mol. The third-order valence-electron chi connectivity index (χ3n) is 2.72. The summed E-state index contributed by atoms with van der Waals surface area (Å²) in [6, 6.07) is 5.84. The number of hydrogen-bond acceptors (Lipinski definition) is 2. The molecule has 0 aliphatic carbocycles. The van der Waals surface area contributed by atoms with Gasteiger partial charge in [-0.05, 0) is 18.6 Å². The van der Waals surface area contributed by atoms with Crippen molar-refractivity contribution in [1.29, 1.82) is 0 Å². The first-order valence-corrected chi connectivity index (χ1v) is 4.81. The zero-order valence-corrected chi connectivity index (χ0v) is 8.76. The van der Waals surface area contributed by atoms with Gasteiger partial charge in [0.1, 0.15) is 5.75 Å². The van der Waals surface area contributed by atoms with Gasteiger partial charge in [-0.2, -0.15) is 0 Å². The SMILES string of the molecule is Cc1cccc2c1C(C)(C)CC(=O)O2. The number of carbonyl (C=O) groups is 1. The molecule has 0 radical (unpaired) electrons. The van der Waals surface area contributed by atoms with Gasteiger partial charge in [-0.15, -0.1) is 0 Å². The lowest BCUT2D eigenvalue weighted by Gasteiger charge is -2.32. The van der Waals surface area contributed by atoms with Crippen LogP contribution in [0.25, 0.3) is 0 Å². The molecule has 14 heavy (non-hydrogen) atoms. The summed E-state index contributed by atoms with van der Waals surface area (Å²) in [5, 5.41) is 0. The molecular formula is C12H14O2. The van der Waals surface area contributed by atoms with E-state index in [-0.39, 0.29) is 11.4 Å². The molecule has 0 spiro atoms. The van der Waals surface area contributed by atoms with E-state index in [0.29, 0.717) is 6.42 Å². The van der Waals surface area contributed by atoms with Gasteiger partial charge in [-0.1, -0.05) is 26.0 Å². The third-order valence-corrected chi connectivity index (χ3v) is 2.72. The first-order valence-electron chi connectivity index (χ1n) is 4.81. The minimum Gasteiger partial charge on any atom is -0.426 e. The van der Waals surface area contributed by atoms with Crippen molar-refractivity contribution >= 4 is 5.97 Å². The van der Waals surface area contributed by atoms with E-state index in [2.05, 4.69) is 26.8 Å². The van der Waals surface area contributed by atoms with Crippen LogP contribution in [-0.2, 0) is 10.2 Å². The standard InChI is InChI=1S/C12H14O2/c1-8-5-4-6-9-11(8)12(2,3)7-10(13)14-9/h4-6H,7H2,1-3H3. The first kappa shape index (κ1) is 9.25. The molecule has 0 amide bonds. The van der Waals surface area contributed by atoms with Crippen molar-refractivity contribution in [3.63, 3.8) is 0 Å². The molecule has 0 N–H and O–H groups in total. The van der Waals surface area contributed by atoms with E-state index >= 15 is 0 Å². The van der Waals surface area contributed by atoms with E-state index in [0.717, 1.165) is 5.75 Å². The summed E-state index contributed by atoms with van der Waals surface area (Å²) < 4.78 is 5.21. The van der Waals surface area contributed by atoms with Crippen molar-refractivity contribution in [3.8, 4) is 5.75 Å². The van der Waals surface area contributed by atoms with Gasteiger partial charge in [0.2, 0.25) is 0 Å². The fourth-order valence-corrected chi connectivity index (χ4v) is 2.20. The van der Waals surface area contributed by atoms with Gasteiger partial charge in [-0.25, -0.2) is 0 Å². The average molecular weight is 190 g/mol. The van der Waals surface area contributed by atoms with Crippen LogP contribution < -0.4 is 4.74 Å². The topological polar surface area (TPSA) is 26.3 Å². The highest BCUT2D eigenvalue weighted by molar-refractivity contribution is 5.78. The highest BCUT2D eigenvalue weighted by Crippen LogP contribution is 2.40. The second kappa shape index (κ2) is 2.84. The lowest BCUT2D eigenvalue weighted by atomic mass is 9.77. The molecule has 1 aromatic rings. The maximum absolute atomic E-state index is 11.3. The molecule has 2 rings (SSSR count). The van der Waals surface area contributed by atoms with Crippen LogP contribution in [0.3, 0.4) is 0 Å². The Kier molecular flexibility index (Phi) is 1.88. The van der Waals surface area contributed by atoms with Crippen molar-refractivity contribution in [2.75, 3.05) is 0 Å². The van der Waals surface area contributed by atoms with Gasteiger partial charge in [0, 0.05) is 11.0 Å². The fraction of sp³-hybridized carbons (Fsp3) is 0.417. The van der Waals surface area contributed by atoms with E-state index < -0.39 is 0 Å². The molecule has 0 fully saturated rings. The number of hydrogen-bond donors (Lipinski definition) is 0. The van der Waals surface area contributed by atoms with Gasteiger partial charge in [0.05, 0.1) is 6.42 Å². The number of ether oxygens (including phenoxy) is 1. The minimum absolute atomic E-state index is 0.101. The van der Waals surface area contributed by atoms with Crippen LogP contribution in [0.1, 0.15) is 31.4 Å². The number of rotatable bonds is 0. The summed E-state index contributed by atoms with van der Waals surface area (Å²) in [5.74, 6) is 0.597. The number of benzene rings is 1. The quantitative estimate of drug-likeness (QED) is 0.464. The van der Waals surface area contributed by atoms with Crippen LogP contribution in [0.2, 0.25) is 0 Å². The van der Waals surface area contributed by atoms with E-state index in [1.807, 2.05) is 12.1 Å². The van der Waals surface area contributed by atoms with E-state index in [4.69, 9.17) is 4.74 Å². The van der Waals surface area contributed by atoms with Crippen LogP contribution in [-0.4, -0.2) is 5.97 Å². The zero-order chi connectivity index (χ0) is 10.3. The summed E-state index contributed by atoms with van der Waals surface area (Å²) in [6.45, 7) is 6.22. The Morgan fingerprint density at radius 2 is 2.07 bits per heavy atom. The molecule has 0 unspecified atom stereocenters. The van der Waals surface area contributed by atoms with Crippen LogP contribution in [0, 0.1) is 6.92 Å². The normalized spacial score (nSPS) is 18.6. The van der Waals surface area contributed by atoms with Crippen molar-refractivity contribution in [3.05, 3.63) is 29.3 Å². The first-order chi connectivity index (χ1) is 6.50. The summed E-state index contributed by atoms with van der Waals surface area (Å²) >= 11 is 0. The Labute approximate surface area is 83.9 Å². The molecule has 0 saturated carbocycles. The number of esters is 1. The monoisotopic (exact) mass is 190 g/mol. The predicted octanol–water partition coefficient (Wildman–Crippen LogP) is 2.58. The summed E-state index contributed by atoms with van der Waals surface area (Å²) in [5.41, 5.74) is 2.26. The van der Waals surface area contributed by atoms with Gasteiger partial charge in [-0.3, -0.25) is 4.79 Å². The second-order valence-electron chi connectivity index (χ2n) is 4.48. The largest absolute Gasteiger partial charge is 0.426 e. The minimum atomic E-state index is -0.131. The molecule has 0 aromatic heterocycles. The van der Waals surface area contributed by atoms with Gasteiger partial charge < -0.3 is 4.74 Å². The molecule has 0 atom stereocenters. The van der Waals surface area contributed by atoms with Gasteiger partial charge >= 0.3 is 5.97 Å². The molecule has 2 nitrogen and oxygen atoms in total.